The van der Waals surface area contributed by atoms with Crippen molar-refractivity contribution in [3.8, 4) is 0 Å². The number of rotatable bonds is 0. The minimum atomic E-state index is 0.975. The average molecular weight is 270 g/mol. The fourth-order valence-electron chi connectivity index (χ4n) is 1.17. The Balaban J connectivity index is 2.89. The zero-order valence-electron chi connectivity index (χ0n) is 6.58. The molecular weight excluding hydrogens is 263 g/mol. The molecule has 2 heterocycles. The molecule has 2 aromatic rings. The molecule has 0 saturated carbocycles. The van der Waals surface area contributed by atoms with Crippen molar-refractivity contribution in [2.45, 2.75) is 6.92 Å². The summed E-state index contributed by atoms with van der Waals surface area (Å²) in [5.74, 6) is 0. The van der Waals surface area contributed by atoms with Crippen LogP contribution >= 0.6 is 22.6 Å². The van der Waals surface area contributed by atoms with E-state index in [9.17, 15) is 0 Å². The molecule has 2 nitrogen and oxygen atoms in total. The summed E-state index contributed by atoms with van der Waals surface area (Å²) in [6.07, 6.45) is 1.79. The molecule has 0 saturated heterocycles. The van der Waals surface area contributed by atoms with Crippen LogP contribution < -0.4 is 0 Å². The number of halogens is 1. The Kier molecular flexibility index (Phi) is 1.96. The Hall–Kier alpha value is -0.710. The van der Waals surface area contributed by atoms with Crippen LogP contribution in [0.3, 0.4) is 0 Å². The number of aryl methyl sites for hydroxylation is 1. The number of aromatic nitrogens is 2. The molecule has 0 aromatic carbocycles. The summed E-state index contributed by atoms with van der Waals surface area (Å²) in [7, 11) is 0. The van der Waals surface area contributed by atoms with Gasteiger partial charge in [-0.2, -0.15) is 0 Å². The van der Waals surface area contributed by atoms with Gasteiger partial charge in [-0.15, -0.1) is 0 Å². The van der Waals surface area contributed by atoms with Crippen LogP contribution in [-0.2, 0) is 0 Å². The Morgan fingerprint density at radius 2 is 2.25 bits per heavy atom. The summed E-state index contributed by atoms with van der Waals surface area (Å²) in [4.78, 5) is 8.58. The van der Waals surface area contributed by atoms with E-state index >= 15 is 0 Å². The molecule has 0 N–H and O–H groups in total. The van der Waals surface area contributed by atoms with Gasteiger partial charge in [0.2, 0.25) is 0 Å². The van der Waals surface area contributed by atoms with E-state index in [0.717, 1.165) is 20.3 Å². The van der Waals surface area contributed by atoms with E-state index < -0.39 is 0 Å². The van der Waals surface area contributed by atoms with Crippen LogP contribution in [0.5, 0.6) is 0 Å². The van der Waals surface area contributed by atoms with Crippen LogP contribution in [0.1, 0.15) is 5.69 Å². The minimum absolute atomic E-state index is 0.975. The highest BCUT2D eigenvalue weighted by Gasteiger charge is 2.00. The topological polar surface area (TPSA) is 25.8 Å². The molecular formula is C9H7IN2. The summed E-state index contributed by atoms with van der Waals surface area (Å²) >= 11 is 2.21. The fourth-order valence-corrected chi connectivity index (χ4v) is 2.00. The first-order valence-corrected chi connectivity index (χ1v) is 4.73. The Morgan fingerprint density at radius 1 is 1.42 bits per heavy atom. The molecule has 3 heteroatoms. The van der Waals surface area contributed by atoms with Crippen molar-refractivity contribution in [1.82, 2.24) is 9.97 Å². The van der Waals surface area contributed by atoms with Crippen molar-refractivity contribution in [1.29, 1.82) is 0 Å². The lowest BCUT2D eigenvalue weighted by Gasteiger charge is -1.99. The summed E-state index contributed by atoms with van der Waals surface area (Å²) in [5.41, 5.74) is 2.03. The van der Waals surface area contributed by atoms with Crippen LogP contribution in [0, 0.1) is 10.6 Å². The molecule has 0 amide bonds. The van der Waals surface area contributed by atoms with Gasteiger partial charge in [-0.3, -0.25) is 4.98 Å². The van der Waals surface area contributed by atoms with E-state index in [2.05, 4.69) is 38.6 Å². The Morgan fingerprint density at radius 3 is 3.08 bits per heavy atom. The molecule has 0 radical (unpaired) electrons. The summed E-state index contributed by atoms with van der Waals surface area (Å²) in [6, 6.07) is 6.04. The highest BCUT2D eigenvalue weighted by Crippen LogP contribution is 2.16. The molecule has 0 atom stereocenters. The molecule has 60 valence electrons. The molecule has 0 bridgehead atoms. The van der Waals surface area contributed by atoms with Gasteiger partial charge in [0, 0.05) is 17.3 Å². The lowest BCUT2D eigenvalue weighted by Crippen LogP contribution is -1.89. The number of nitrogens with zero attached hydrogens (tertiary/aromatic N) is 2. The SMILES string of the molecule is Cc1cc2cccnc2c(I)n1. The van der Waals surface area contributed by atoms with Gasteiger partial charge < -0.3 is 0 Å². The molecule has 0 spiro atoms. The zero-order chi connectivity index (χ0) is 8.55. The van der Waals surface area contributed by atoms with Crippen molar-refractivity contribution in [3.05, 3.63) is 33.8 Å². The maximum Gasteiger partial charge on any atom is 0.127 e. The quantitative estimate of drug-likeness (QED) is 0.543. The average Bonchev–Trinajstić information content (AvgIpc) is 2.04. The van der Waals surface area contributed by atoms with Gasteiger partial charge in [0.05, 0.1) is 0 Å². The van der Waals surface area contributed by atoms with Crippen LogP contribution in [-0.4, -0.2) is 9.97 Å². The van der Waals surface area contributed by atoms with Crippen LogP contribution in [0.15, 0.2) is 24.4 Å². The lowest BCUT2D eigenvalue weighted by atomic mass is 10.2. The van der Waals surface area contributed by atoms with Gasteiger partial charge >= 0.3 is 0 Å². The Bertz CT molecular complexity index is 426. The van der Waals surface area contributed by atoms with Gasteiger partial charge in [0.25, 0.3) is 0 Å². The normalized spacial score (nSPS) is 10.5. The second-order valence-electron chi connectivity index (χ2n) is 2.63. The summed E-state index contributed by atoms with van der Waals surface area (Å²) in [5, 5.41) is 1.16. The number of fused-ring (bicyclic) bond motifs is 1. The zero-order valence-corrected chi connectivity index (χ0v) is 8.74. The first kappa shape index (κ1) is 7.91. The van der Waals surface area contributed by atoms with Crippen molar-refractivity contribution >= 4 is 33.5 Å². The van der Waals surface area contributed by atoms with E-state index in [4.69, 9.17) is 0 Å². The molecule has 0 unspecified atom stereocenters. The van der Waals surface area contributed by atoms with Crippen LogP contribution in [0.25, 0.3) is 10.9 Å². The van der Waals surface area contributed by atoms with Crippen LogP contribution in [0.4, 0.5) is 0 Å². The second-order valence-corrected chi connectivity index (χ2v) is 3.65. The maximum atomic E-state index is 4.33. The highest BCUT2D eigenvalue weighted by atomic mass is 127. The van der Waals surface area contributed by atoms with Gasteiger partial charge in [-0.05, 0) is 41.6 Å². The van der Waals surface area contributed by atoms with Crippen molar-refractivity contribution < 1.29 is 0 Å². The van der Waals surface area contributed by atoms with Gasteiger partial charge in [0.1, 0.15) is 9.22 Å². The first-order chi connectivity index (χ1) is 5.77. The second kappa shape index (κ2) is 2.97. The molecule has 2 aromatic heterocycles. The predicted octanol–water partition coefficient (Wildman–Crippen LogP) is 2.54. The first-order valence-electron chi connectivity index (χ1n) is 3.65. The van der Waals surface area contributed by atoms with E-state index in [1.54, 1.807) is 6.20 Å². The molecule has 0 fully saturated rings. The van der Waals surface area contributed by atoms with Gasteiger partial charge in [0.15, 0.2) is 0 Å². The third-order valence-electron chi connectivity index (χ3n) is 1.67. The number of hydrogen-bond donors (Lipinski definition) is 0. The largest absolute Gasteiger partial charge is 0.253 e. The molecule has 0 aliphatic rings. The summed E-state index contributed by atoms with van der Waals surface area (Å²) < 4.78 is 0.975. The Labute approximate surface area is 84.2 Å². The molecule has 12 heavy (non-hydrogen) atoms. The van der Waals surface area contributed by atoms with E-state index in [0.29, 0.717) is 0 Å². The van der Waals surface area contributed by atoms with Gasteiger partial charge in [-0.25, -0.2) is 4.98 Å². The third kappa shape index (κ3) is 1.29. The third-order valence-corrected chi connectivity index (χ3v) is 2.43. The fraction of sp³-hybridized carbons (Fsp3) is 0.111. The highest BCUT2D eigenvalue weighted by molar-refractivity contribution is 14.1. The smallest absolute Gasteiger partial charge is 0.127 e. The molecule has 2 rings (SSSR count). The minimum Gasteiger partial charge on any atom is -0.253 e. The summed E-state index contributed by atoms with van der Waals surface area (Å²) in [6.45, 7) is 1.99. The van der Waals surface area contributed by atoms with E-state index in [1.807, 2.05) is 19.1 Å². The predicted molar refractivity (Wildman–Crippen MR) is 57.0 cm³/mol. The number of hydrogen-bond acceptors (Lipinski definition) is 2. The monoisotopic (exact) mass is 270 g/mol. The number of pyridine rings is 2. The molecule has 0 aliphatic heterocycles. The standard InChI is InChI=1S/C9H7IN2/c1-6-5-7-3-2-4-11-8(7)9(10)12-6/h2-5H,1H3. The van der Waals surface area contributed by atoms with Crippen LogP contribution in [0.2, 0.25) is 0 Å². The molecule has 0 aliphatic carbocycles. The maximum absolute atomic E-state index is 4.33. The van der Waals surface area contributed by atoms with E-state index in [-0.39, 0.29) is 0 Å². The van der Waals surface area contributed by atoms with Gasteiger partial charge in [-0.1, -0.05) is 6.07 Å². The van der Waals surface area contributed by atoms with Crippen molar-refractivity contribution in [2.24, 2.45) is 0 Å². The van der Waals surface area contributed by atoms with E-state index in [1.165, 1.54) is 0 Å². The van der Waals surface area contributed by atoms with Crippen molar-refractivity contribution in [2.75, 3.05) is 0 Å². The lowest BCUT2D eigenvalue weighted by molar-refractivity contribution is 1.17. The van der Waals surface area contributed by atoms with Crippen molar-refractivity contribution in [3.63, 3.8) is 0 Å².